The van der Waals surface area contributed by atoms with Crippen LogP contribution < -0.4 is 5.43 Å². The molecule has 0 unspecified atom stereocenters. The van der Waals surface area contributed by atoms with Crippen LogP contribution in [0.4, 0.5) is 0 Å². The van der Waals surface area contributed by atoms with Gasteiger partial charge in [0.25, 0.3) is 11.8 Å². The van der Waals surface area contributed by atoms with Gasteiger partial charge < -0.3 is 10.0 Å². The smallest absolute Gasteiger partial charge is 0.281 e. The maximum Gasteiger partial charge on any atom is 0.281 e. The number of hydrazone groups is 1. The molecule has 0 radical (unpaired) electrons. The average molecular weight is 524 g/mol. The maximum atomic E-state index is 12.6. The van der Waals surface area contributed by atoms with Crippen molar-refractivity contribution >= 4 is 63.4 Å². The van der Waals surface area contributed by atoms with E-state index in [9.17, 15) is 14.7 Å². The fraction of sp³-hybridized carbons (Fsp3) is 0.261. The number of thiophene rings is 2. The third-order valence-corrected chi connectivity index (χ3v) is 7.69. The molecule has 3 rings (SSSR count). The van der Waals surface area contributed by atoms with Gasteiger partial charge in [0, 0.05) is 18.5 Å². The first-order chi connectivity index (χ1) is 15.8. The van der Waals surface area contributed by atoms with Crippen LogP contribution in [0.25, 0.3) is 10.4 Å². The Morgan fingerprint density at radius 3 is 2.52 bits per heavy atom. The molecule has 10 heteroatoms. The third-order valence-electron chi connectivity index (χ3n) is 4.86. The molecule has 0 atom stereocenters. The summed E-state index contributed by atoms with van der Waals surface area (Å²) in [6.07, 6.45) is 0.870. The van der Waals surface area contributed by atoms with Gasteiger partial charge in [-0.3, -0.25) is 9.59 Å². The van der Waals surface area contributed by atoms with Gasteiger partial charge in [0.15, 0.2) is 0 Å². The van der Waals surface area contributed by atoms with Crippen molar-refractivity contribution in [3.63, 3.8) is 0 Å². The van der Waals surface area contributed by atoms with Crippen LogP contribution in [0.5, 0.6) is 5.75 Å². The summed E-state index contributed by atoms with van der Waals surface area (Å²) >= 11 is 14.5. The standard InChI is InChI=1S/C23H23Cl2N3O3S2/c1-4-10-28(5-2)23(31)19-9-8-18(33-19)22(30)27-26-13(3)15-12-32-21(20(15)29)14-6-7-16(24)17(25)11-14/h6-9,11-12,29H,4-5,10H2,1-3H3,(H,27,30). The summed E-state index contributed by atoms with van der Waals surface area (Å²) in [5.41, 5.74) is 4.17. The van der Waals surface area contributed by atoms with Crippen molar-refractivity contribution in [2.75, 3.05) is 13.1 Å². The van der Waals surface area contributed by atoms with Crippen LogP contribution in [0.15, 0.2) is 40.8 Å². The zero-order valence-corrected chi connectivity index (χ0v) is 21.5. The lowest BCUT2D eigenvalue weighted by Crippen LogP contribution is -2.30. The average Bonchev–Trinajstić information content (AvgIpc) is 3.44. The Bertz CT molecular complexity index is 1200. The molecule has 0 spiro atoms. The monoisotopic (exact) mass is 523 g/mol. The maximum absolute atomic E-state index is 12.6. The first-order valence-electron chi connectivity index (χ1n) is 10.3. The molecule has 2 N–H and O–H groups in total. The van der Waals surface area contributed by atoms with E-state index in [1.54, 1.807) is 47.5 Å². The minimum atomic E-state index is -0.420. The van der Waals surface area contributed by atoms with Gasteiger partial charge in [-0.1, -0.05) is 36.2 Å². The summed E-state index contributed by atoms with van der Waals surface area (Å²) < 4.78 is 0. The molecule has 2 amide bonds. The minimum Gasteiger partial charge on any atom is -0.506 e. The highest BCUT2D eigenvalue weighted by Gasteiger charge is 2.19. The van der Waals surface area contributed by atoms with Gasteiger partial charge in [-0.15, -0.1) is 22.7 Å². The Morgan fingerprint density at radius 2 is 1.85 bits per heavy atom. The van der Waals surface area contributed by atoms with Crippen molar-refractivity contribution in [1.82, 2.24) is 10.3 Å². The van der Waals surface area contributed by atoms with Gasteiger partial charge in [-0.05, 0) is 50.1 Å². The number of aromatic hydroxyl groups is 1. The topological polar surface area (TPSA) is 82.0 Å². The molecular formula is C23H23Cl2N3O3S2. The van der Waals surface area contributed by atoms with E-state index in [4.69, 9.17) is 23.2 Å². The summed E-state index contributed by atoms with van der Waals surface area (Å²) in [5, 5.41) is 17.4. The molecular weight excluding hydrogens is 501 g/mol. The molecule has 33 heavy (non-hydrogen) atoms. The molecule has 1 aromatic carbocycles. The third kappa shape index (κ3) is 5.76. The van der Waals surface area contributed by atoms with Gasteiger partial charge in [0.1, 0.15) is 5.75 Å². The highest BCUT2D eigenvalue weighted by molar-refractivity contribution is 7.16. The van der Waals surface area contributed by atoms with Crippen molar-refractivity contribution in [3.05, 3.63) is 61.1 Å². The summed E-state index contributed by atoms with van der Waals surface area (Å²) in [5.74, 6) is -0.453. The zero-order valence-electron chi connectivity index (χ0n) is 18.3. The second kappa shape index (κ2) is 11.2. The SMILES string of the molecule is CCCN(CC)C(=O)c1ccc(C(=O)NN=C(C)c2csc(-c3ccc(Cl)c(Cl)c3)c2O)s1. The zero-order chi connectivity index (χ0) is 24.1. The van der Waals surface area contributed by atoms with Crippen LogP contribution in [0, 0.1) is 0 Å². The van der Waals surface area contributed by atoms with Gasteiger partial charge in [-0.2, -0.15) is 5.10 Å². The Kier molecular flexibility index (Phi) is 8.53. The highest BCUT2D eigenvalue weighted by atomic mass is 35.5. The quantitative estimate of drug-likeness (QED) is 0.260. The number of hydrogen-bond acceptors (Lipinski definition) is 6. The molecule has 0 bridgehead atoms. The van der Waals surface area contributed by atoms with Crippen LogP contribution >= 0.6 is 45.9 Å². The van der Waals surface area contributed by atoms with E-state index in [1.165, 1.54) is 11.3 Å². The molecule has 2 heterocycles. The minimum absolute atomic E-state index is 0.0495. The van der Waals surface area contributed by atoms with Crippen LogP contribution in [0.3, 0.4) is 0 Å². The first kappa shape index (κ1) is 25.2. The van der Waals surface area contributed by atoms with E-state index in [1.807, 2.05) is 13.8 Å². The van der Waals surface area contributed by atoms with E-state index < -0.39 is 5.91 Å². The van der Waals surface area contributed by atoms with Gasteiger partial charge >= 0.3 is 0 Å². The molecule has 6 nitrogen and oxygen atoms in total. The molecule has 0 saturated heterocycles. The van der Waals surface area contributed by atoms with E-state index in [0.29, 0.717) is 49.0 Å². The lowest BCUT2D eigenvalue weighted by Gasteiger charge is -2.18. The lowest BCUT2D eigenvalue weighted by molar-refractivity contribution is 0.0769. The number of amides is 2. The van der Waals surface area contributed by atoms with E-state index in [2.05, 4.69) is 10.5 Å². The summed E-state index contributed by atoms with van der Waals surface area (Å²) in [4.78, 5) is 28.4. The predicted molar refractivity (Wildman–Crippen MR) is 137 cm³/mol. The fourth-order valence-corrected chi connectivity index (χ4v) is 5.27. The van der Waals surface area contributed by atoms with Crippen LogP contribution in [0.1, 0.15) is 52.1 Å². The normalized spacial score (nSPS) is 11.5. The van der Waals surface area contributed by atoms with Gasteiger partial charge in [-0.25, -0.2) is 5.43 Å². The molecule has 0 saturated carbocycles. The van der Waals surface area contributed by atoms with Crippen molar-refractivity contribution in [1.29, 1.82) is 0 Å². The first-order valence-corrected chi connectivity index (χ1v) is 12.7. The highest BCUT2D eigenvalue weighted by Crippen LogP contribution is 2.40. The number of rotatable bonds is 8. The summed E-state index contributed by atoms with van der Waals surface area (Å²) in [6.45, 7) is 6.92. The summed E-state index contributed by atoms with van der Waals surface area (Å²) in [7, 11) is 0. The van der Waals surface area contributed by atoms with Crippen molar-refractivity contribution in [3.8, 4) is 16.2 Å². The molecule has 2 aromatic heterocycles. The number of nitrogens with zero attached hydrogens (tertiary/aromatic N) is 2. The van der Waals surface area contributed by atoms with Crippen LogP contribution in [-0.4, -0.2) is 40.6 Å². The largest absolute Gasteiger partial charge is 0.506 e. The number of benzene rings is 1. The molecule has 0 aliphatic heterocycles. The molecule has 0 aliphatic carbocycles. The Balaban J connectivity index is 1.72. The van der Waals surface area contributed by atoms with Crippen LogP contribution in [-0.2, 0) is 0 Å². The van der Waals surface area contributed by atoms with E-state index in [0.717, 1.165) is 23.3 Å². The van der Waals surface area contributed by atoms with Crippen molar-refractivity contribution < 1.29 is 14.7 Å². The second-order valence-electron chi connectivity index (χ2n) is 7.14. The number of halogens is 2. The van der Waals surface area contributed by atoms with E-state index in [-0.39, 0.29) is 11.7 Å². The lowest BCUT2D eigenvalue weighted by atomic mass is 10.1. The predicted octanol–water partition coefficient (Wildman–Crippen LogP) is 6.52. The number of carbonyl (C=O) groups excluding carboxylic acids is 2. The number of carbonyl (C=O) groups is 2. The van der Waals surface area contributed by atoms with Crippen molar-refractivity contribution in [2.45, 2.75) is 27.2 Å². The van der Waals surface area contributed by atoms with Crippen LogP contribution in [0.2, 0.25) is 10.0 Å². The van der Waals surface area contributed by atoms with Crippen molar-refractivity contribution in [2.24, 2.45) is 5.10 Å². The number of hydrogen-bond donors (Lipinski definition) is 2. The Hall–Kier alpha value is -2.39. The fourth-order valence-electron chi connectivity index (χ4n) is 3.10. The molecule has 0 aliphatic rings. The molecule has 174 valence electrons. The molecule has 3 aromatic rings. The Labute approximate surface area is 210 Å². The second-order valence-corrected chi connectivity index (χ2v) is 9.92. The van der Waals surface area contributed by atoms with Gasteiger partial charge in [0.05, 0.1) is 36.0 Å². The van der Waals surface area contributed by atoms with Gasteiger partial charge in [0.2, 0.25) is 0 Å². The summed E-state index contributed by atoms with van der Waals surface area (Å²) in [6, 6.07) is 8.39. The van der Waals surface area contributed by atoms with E-state index >= 15 is 0 Å². The molecule has 0 fully saturated rings. The number of nitrogens with one attached hydrogen (secondary N) is 1. The Morgan fingerprint density at radius 1 is 1.12 bits per heavy atom.